The van der Waals surface area contributed by atoms with E-state index in [1.165, 1.54) is 0 Å². The highest BCUT2D eigenvalue weighted by molar-refractivity contribution is 5.80. The van der Waals surface area contributed by atoms with Gasteiger partial charge < -0.3 is 15.8 Å². The minimum atomic E-state index is -1.000. The zero-order valence-corrected chi connectivity index (χ0v) is 7.97. The van der Waals surface area contributed by atoms with Gasteiger partial charge in [0.2, 0.25) is 0 Å². The SMILES string of the molecule is N[C@@H](Cc1c[nH]c2cccnc12)C(=O)O. The van der Waals surface area contributed by atoms with Gasteiger partial charge in [0.05, 0.1) is 11.0 Å². The first-order valence-corrected chi connectivity index (χ1v) is 4.58. The van der Waals surface area contributed by atoms with E-state index < -0.39 is 12.0 Å². The summed E-state index contributed by atoms with van der Waals surface area (Å²) in [5.74, 6) is -1.000. The Kier molecular flexibility index (Phi) is 2.39. The summed E-state index contributed by atoms with van der Waals surface area (Å²) in [6.07, 6.45) is 3.71. The van der Waals surface area contributed by atoms with Crippen molar-refractivity contribution in [1.29, 1.82) is 0 Å². The first kappa shape index (κ1) is 9.67. The van der Waals surface area contributed by atoms with Crippen molar-refractivity contribution in [2.45, 2.75) is 12.5 Å². The van der Waals surface area contributed by atoms with Gasteiger partial charge in [0.1, 0.15) is 6.04 Å². The molecule has 2 heterocycles. The van der Waals surface area contributed by atoms with Gasteiger partial charge in [-0.05, 0) is 17.7 Å². The summed E-state index contributed by atoms with van der Waals surface area (Å²) < 4.78 is 0. The molecule has 0 spiro atoms. The number of aromatic amines is 1. The van der Waals surface area contributed by atoms with Crippen LogP contribution in [0.2, 0.25) is 0 Å². The predicted molar refractivity (Wildman–Crippen MR) is 55.4 cm³/mol. The fraction of sp³-hybridized carbons (Fsp3) is 0.200. The molecule has 2 aromatic heterocycles. The number of carboxylic acid groups (broad SMARTS) is 1. The number of fused-ring (bicyclic) bond motifs is 1. The van der Waals surface area contributed by atoms with Gasteiger partial charge in [-0.25, -0.2) is 0 Å². The van der Waals surface area contributed by atoms with E-state index in [4.69, 9.17) is 10.8 Å². The second-order valence-corrected chi connectivity index (χ2v) is 3.36. The van der Waals surface area contributed by atoms with Crippen molar-refractivity contribution in [3.05, 3.63) is 30.1 Å². The number of carboxylic acids is 1. The molecule has 0 amide bonds. The van der Waals surface area contributed by atoms with Crippen molar-refractivity contribution in [1.82, 2.24) is 9.97 Å². The van der Waals surface area contributed by atoms with Crippen LogP contribution in [0.25, 0.3) is 11.0 Å². The Balaban J connectivity index is 2.32. The number of aromatic nitrogens is 2. The molecule has 5 heteroatoms. The molecule has 2 rings (SSSR count). The first-order valence-electron chi connectivity index (χ1n) is 4.58. The number of nitrogens with zero attached hydrogens (tertiary/aromatic N) is 1. The van der Waals surface area contributed by atoms with Crippen LogP contribution in [0.3, 0.4) is 0 Å². The summed E-state index contributed by atoms with van der Waals surface area (Å²) in [4.78, 5) is 17.8. The van der Waals surface area contributed by atoms with E-state index in [9.17, 15) is 4.79 Å². The number of pyridine rings is 1. The van der Waals surface area contributed by atoms with Crippen molar-refractivity contribution in [2.75, 3.05) is 0 Å². The molecule has 4 N–H and O–H groups in total. The van der Waals surface area contributed by atoms with E-state index in [1.54, 1.807) is 12.4 Å². The zero-order valence-electron chi connectivity index (χ0n) is 7.97. The molecule has 0 fully saturated rings. The molecule has 0 unspecified atom stereocenters. The number of hydrogen-bond donors (Lipinski definition) is 3. The van der Waals surface area contributed by atoms with Crippen molar-refractivity contribution in [3.8, 4) is 0 Å². The topological polar surface area (TPSA) is 92.0 Å². The number of rotatable bonds is 3. The third-order valence-corrected chi connectivity index (χ3v) is 2.27. The molecule has 5 nitrogen and oxygen atoms in total. The van der Waals surface area contributed by atoms with Crippen LogP contribution in [0.15, 0.2) is 24.5 Å². The van der Waals surface area contributed by atoms with Crippen molar-refractivity contribution >= 4 is 17.0 Å². The Bertz CT molecular complexity index is 492. The van der Waals surface area contributed by atoms with Crippen molar-refractivity contribution in [3.63, 3.8) is 0 Å². The summed E-state index contributed by atoms with van der Waals surface area (Å²) in [5, 5.41) is 8.70. The lowest BCUT2D eigenvalue weighted by atomic mass is 10.1. The smallest absolute Gasteiger partial charge is 0.320 e. The van der Waals surface area contributed by atoms with Gasteiger partial charge in [-0.3, -0.25) is 9.78 Å². The molecule has 15 heavy (non-hydrogen) atoms. The van der Waals surface area contributed by atoms with Gasteiger partial charge in [0.15, 0.2) is 0 Å². The van der Waals surface area contributed by atoms with Crippen molar-refractivity contribution in [2.24, 2.45) is 5.73 Å². The maximum Gasteiger partial charge on any atom is 0.320 e. The Morgan fingerprint density at radius 3 is 3.20 bits per heavy atom. The summed E-state index contributed by atoms with van der Waals surface area (Å²) >= 11 is 0. The van der Waals surface area contributed by atoms with Gasteiger partial charge in [-0.2, -0.15) is 0 Å². The van der Waals surface area contributed by atoms with Crippen LogP contribution < -0.4 is 5.73 Å². The third kappa shape index (κ3) is 1.82. The second-order valence-electron chi connectivity index (χ2n) is 3.36. The average Bonchev–Trinajstić information content (AvgIpc) is 2.62. The minimum absolute atomic E-state index is 0.284. The van der Waals surface area contributed by atoms with Crippen molar-refractivity contribution < 1.29 is 9.90 Å². The molecule has 0 aliphatic heterocycles. The molecule has 78 valence electrons. The standard InChI is InChI=1S/C10H11N3O2/c11-7(10(14)15)4-6-5-13-8-2-1-3-12-9(6)8/h1-3,5,7,13H,4,11H2,(H,14,15)/t7-/m0/s1. The molecule has 1 atom stereocenters. The lowest BCUT2D eigenvalue weighted by Gasteiger charge is -2.03. The molecule has 0 saturated heterocycles. The maximum absolute atomic E-state index is 10.6. The van der Waals surface area contributed by atoms with Crippen LogP contribution in [-0.4, -0.2) is 27.1 Å². The normalized spacial score (nSPS) is 12.9. The van der Waals surface area contributed by atoms with Gasteiger partial charge in [-0.15, -0.1) is 0 Å². The van der Waals surface area contributed by atoms with Gasteiger partial charge in [0.25, 0.3) is 0 Å². The highest BCUT2D eigenvalue weighted by Crippen LogP contribution is 2.15. The maximum atomic E-state index is 10.6. The molecule has 2 aromatic rings. The summed E-state index contributed by atoms with van der Waals surface area (Å²) in [6, 6.07) is 2.82. The second kappa shape index (κ2) is 3.70. The number of H-pyrrole nitrogens is 1. The highest BCUT2D eigenvalue weighted by Gasteiger charge is 2.14. The van der Waals surface area contributed by atoms with Crippen LogP contribution in [0.1, 0.15) is 5.56 Å². The quantitative estimate of drug-likeness (QED) is 0.681. The van der Waals surface area contributed by atoms with E-state index >= 15 is 0 Å². The molecule has 0 aliphatic rings. The third-order valence-electron chi connectivity index (χ3n) is 2.27. The van der Waals surface area contributed by atoms with Crippen LogP contribution in [0, 0.1) is 0 Å². The number of hydrogen-bond acceptors (Lipinski definition) is 3. The van der Waals surface area contributed by atoms with Gasteiger partial charge in [-0.1, -0.05) is 0 Å². The number of nitrogens with two attached hydrogens (primary N) is 1. The highest BCUT2D eigenvalue weighted by atomic mass is 16.4. The van der Waals surface area contributed by atoms with Gasteiger partial charge in [0, 0.05) is 18.8 Å². The number of aliphatic carboxylic acids is 1. The predicted octanol–water partition coefficient (Wildman–Crippen LogP) is 0.517. The van der Waals surface area contributed by atoms with E-state index in [1.807, 2.05) is 12.1 Å². The van der Waals surface area contributed by atoms with Crippen LogP contribution in [0.5, 0.6) is 0 Å². The monoisotopic (exact) mass is 205 g/mol. The Morgan fingerprint density at radius 1 is 1.67 bits per heavy atom. The molecular weight excluding hydrogens is 194 g/mol. The van der Waals surface area contributed by atoms with Crippen LogP contribution in [0.4, 0.5) is 0 Å². The number of nitrogens with one attached hydrogen (secondary N) is 1. The molecular formula is C10H11N3O2. The summed E-state index contributed by atoms with van der Waals surface area (Å²) in [7, 11) is 0. The largest absolute Gasteiger partial charge is 0.480 e. The Labute approximate surface area is 85.9 Å². The summed E-state index contributed by atoms with van der Waals surface area (Å²) in [5.41, 5.74) is 7.97. The molecule has 0 radical (unpaired) electrons. The fourth-order valence-electron chi connectivity index (χ4n) is 1.49. The molecule has 0 saturated carbocycles. The van der Waals surface area contributed by atoms with Crippen LogP contribution >= 0.6 is 0 Å². The average molecular weight is 205 g/mol. The van der Waals surface area contributed by atoms with Crippen LogP contribution in [-0.2, 0) is 11.2 Å². The fourth-order valence-corrected chi connectivity index (χ4v) is 1.49. The Hall–Kier alpha value is -1.88. The molecule has 0 bridgehead atoms. The zero-order chi connectivity index (χ0) is 10.8. The minimum Gasteiger partial charge on any atom is -0.480 e. The van der Waals surface area contributed by atoms with E-state index in [0.717, 1.165) is 16.6 Å². The summed E-state index contributed by atoms with van der Waals surface area (Å²) in [6.45, 7) is 0. The lowest BCUT2D eigenvalue weighted by Crippen LogP contribution is -2.32. The molecule has 0 aliphatic carbocycles. The van der Waals surface area contributed by atoms with E-state index in [0.29, 0.717) is 0 Å². The van der Waals surface area contributed by atoms with E-state index in [-0.39, 0.29) is 6.42 Å². The first-order chi connectivity index (χ1) is 7.18. The lowest BCUT2D eigenvalue weighted by molar-refractivity contribution is -0.138. The van der Waals surface area contributed by atoms with E-state index in [2.05, 4.69) is 9.97 Å². The number of carbonyl (C=O) groups is 1. The Morgan fingerprint density at radius 2 is 2.47 bits per heavy atom. The molecule has 0 aromatic carbocycles. The van der Waals surface area contributed by atoms with Gasteiger partial charge >= 0.3 is 5.97 Å².